The molecule has 0 bridgehead atoms. The summed E-state index contributed by atoms with van der Waals surface area (Å²) in [6.45, 7) is 1.73. The molecule has 1 unspecified atom stereocenters. The van der Waals surface area contributed by atoms with E-state index in [1.165, 1.54) is 4.52 Å². The van der Waals surface area contributed by atoms with Crippen molar-refractivity contribution >= 4 is 28.1 Å². The molecule has 1 aromatic carbocycles. The molecule has 29 heavy (non-hydrogen) atoms. The molecular weight excluding hydrogens is 540 g/mol. The van der Waals surface area contributed by atoms with Gasteiger partial charge in [-0.05, 0) is 24.4 Å². The number of nitrogens with two attached hydrogens (primary N) is 1. The normalized spacial score (nSPS) is 11.6. The van der Waals surface area contributed by atoms with Gasteiger partial charge in [0.15, 0.2) is 11.5 Å². The van der Waals surface area contributed by atoms with Gasteiger partial charge in [0.2, 0.25) is 0 Å². The van der Waals surface area contributed by atoms with Gasteiger partial charge in [-0.3, -0.25) is 4.79 Å². The second kappa shape index (κ2) is 7.90. The summed E-state index contributed by atoms with van der Waals surface area (Å²) in [5.41, 5.74) is 6.88. The molecule has 0 saturated heterocycles. The van der Waals surface area contributed by atoms with Gasteiger partial charge in [0.05, 0.1) is 5.56 Å². The second-order valence-corrected chi connectivity index (χ2v) is 6.24. The number of carbonyl (C=O) groups is 1. The number of nitrogens with zero attached hydrogens (tertiary/aromatic N) is 4. The Kier molecular flexibility index (Phi) is 5.53. The van der Waals surface area contributed by atoms with Crippen LogP contribution in [0.4, 0.5) is 5.82 Å². The molecule has 9 heteroatoms. The zero-order valence-electron chi connectivity index (χ0n) is 15.3. The summed E-state index contributed by atoms with van der Waals surface area (Å²) in [6, 6.07) is 8.12. The van der Waals surface area contributed by atoms with Crippen molar-refractivity contribution in [3.63, 3.8) is 0 Å². The van der Waals surface area contributed by atoms with Crippen molar-refractivity contribution in [3.8, 4) is 12.3 Å². The Balaban J connectivity index is 0.00000240. The summed E-state index contributed by atoms with van der Waals surface area (Å²) in [4.78, 5) is 33.5. The number of terminal acetylenes is 1. The number of fused-ring (bicyclic) bond motifs is 2. The summed E-state index contributed by atoms with van der Waals surface area (Å²) in [5, 5.41) is 7.94. The van der Waals surface area contributed by atoms with Gasteiger partial charge in [-0.1, -0.05) is 24.1 Å². The molecule has 0 saturated carbocycles. The van der Waals surface area contributed by atoms with E-state index in [2.05, 4.69) is 26.3 Å². The van der Waals surface area contributed by atoms with Gasteiger partial charge in [-0.2, -0.15) is 0 Å². The maximum absolute atomic E-state index is 12.8. The molecule has 1 amide bonds. The fourth-order valence-corrected chi connectivity index (χ4v) is 3.10. The molecule has 1 atom stereocenters. The largest absolute Gasteiger partial charge is 0.624 e. The van der Waals surface area contributed by atoms with Gasteiger partial charge in [0, 0.05) is 50.5 Å². The van der Waals surface area contributed by atoms with Crippen molar-refractivity contribution in [1.29, 1.82) is 0 Å². The molecule has 3 N–H and O–H groups in total. The molecular formula is C20H15N6O2W-. The van der Waals surface area contributed by atoms with Gasteiger partial charge >= 0.3 is 0 Å². The maximum atomic E-state index is 12.8. The number of carbonyl (C=O) groups excluding carboxylic acids is 1. The molecule has 3 heterocycles. The molecule has 3 aromatic heterocycles. The Bertz CT molecular complexity index is 1330. The summed E-state index contributed by atoms with van der Waals surface area (Å²) in [5.74, 6) is 2.11. The van der Waals surface area contributed by atoms with E-state index < -0.39 is 17.5 Å². The Morgan fingerprint density at radius 2 is 2.17 bits per heavy atom. The number of anilines is 1. The number of rotatable bonds is 3. The van der Waals surface area contributed by atoms with Crippen molar-refractivity contribution in [2.75, 3.05) is 5.73 Å². The number of nitrogen functional groups attached to an aromatic ring is 1. The quantitative estimate of drug-likeness (QED) is 0.368. The molecule has 4 rings (SSSR count). The van der Waals surface area contributed by atoms with Crippen LogP contribution in [0.2, 0.25) is 0 Å². The number of pyridine rings is 1. The number of hydrogen-bond acceptors (Lipinski definition) is 5. The van der Waals surface area contributed by atoms with E-state index in [9.17, 15) is 9.59 Å². The van der Waals surface area contributed by atoms with Gasteiger partial charge in [0.1, 0.15) is 5.56 Å². The first kappa shape index (κ1) is 20.3. The van der Waals surface area contributed by atoms with E-state index >= 15 is 0 Å². The molecule has 4 aromatic rings. The van der Waals surface area contributed by atoms with Crippen LogP contribution < -0.4 is 21.6 Å². The second-order valence-electron chi connectivity index (χ2n) is 6.24. The molecule has 0 fully saturated rings. The summed E-state index contributed by atoms with van der Waals surface area (Å²) in [6.07, 6.45) is 8.66. The zero-order valence-corrected chi connectivity index (χ0v) is 18.2. The number of amides is 1. The third kappa shape index (κ3) is 3.53. The maximum Gasteiger partial charge on any atom is 0.259 e. The Morgan fingerprint density at radius 1 is 1.38 bits per heavy atom. The first-order chi connectivity index (χ1) is 13.5. The number of nitrogens with one attached hydrogen (secondary N) is 1. The van der Waals surface area contributed by atoms with E-state index in [1.807, 2.05) is 0 Å². The van der Waals surface area contributed by atoms with Gasteiger partial charge < -0.3 is 20.8 Å². The van der Waals surface area contributed by atoms with E-state index in [4.69, 9.17) is 12.2 Å². The van der Waals surface area contributed by atoms with Crippen LogP contribution in [0.15, 0.2) is 47.5 Å². The molecule has 8 nitrogen and oxygen atoms in total. The van der Waals surface area contributed by atoms with Crippen molar-refractivity contribution in [1.82, 2.24) is 24.9 Å². The van der Waals surface area contributed by atoms with Crippen molar-refractivity contribution in [2.24, 2.45) is 0 Å². The fourth-order valence-electron chi connectivity index (χ4n) is 3.10. The van der Waals surface area contributed by atoms with Crippen molar-refractivity contribution < 1.29 is 25.9 Å². The standard InChI is InChI=1S/C20H16N6O2.W/c1-3-12-6-4-7-13-10-14(24-19(27)15(12)13)11(2)23-20(28)16-17(21)25-26-9-5-8-22-18(16)26;/h1,4-11H,2H3,(H4,21,23,24,25,27,28);/p-1. The van der Waals surface area contributed by atoms with Crippen LogP contribution in [-0.2, 0) is 21.1 Å². The van der Waals surface area contributed by atoms with Gasteiger partial charge in [-0.15, -0.1) is 17.2 Å². The van der Waals surface area contributed by atoms with Crippen LogP contribution in [0.5, 0.6) is 0 Å². The number of hydrogen-bond donors (Lipinski definition) is 2. The molecule has 0 radical (unpaired) electrons. The van der Waals surface area contributed by atoms with Crippen molar-refractivity contribution in [3.05, 3.63) is 69.9 Å². The number of aromatic nitrogens is 4. The topological polar surface area (TPSA) is 116 Å². The Labute approximate surface area is 179 Å². The van der Waals surface area contributed by atoms with E-state index in [1.54, 1.807) is 49.6 Å². The predicted molar refractivity (Wildman–Crippen MR) is 105 cm³/mol. The Hall–Kier alpha value is -3.43. The smallest absolute Gasteiger partial charge is 0.259 e. The van der Waals surface area contributed by atoms with Crippen LogP contribution >= 0.6 is 0 Å². The molecule has 0 spiro atoms. The van der Waals surface area contributed by atoms with Gasteiger partial charge in [-0.25, -0.2) is 9.50 Å². The average molecular weight is 555 g/mol. The number of benzene rings is 1. The minimum atomic E-state index is -0.544. The minimum Gasteiger partial charge on any atom is -0.624 e. The average Bonchev–Trinajstić information content (AvgIpc) is 3.02. The monoisotopic (exact) mass is 555 g/mol. The van der Waals surface area contributed by atoms with Crippen LogP contribution in [-0.4, -0.2) is 20.5 Å². The fraction of sp³-hybridized carbons (Fsp3) is 0.100. The van der Waals surface area contributed by atoms with Crippen LogP contribution in [0.1, 0.15) is 34.6 Å². The first-order valence-electron chi connectivity index (χ1n) is 8.46. The van der Waals surface area contributed by atoms with Crippen LogP contribution in [0.3, 0.4) is 0 Å². The summed E-state index contributed by atoms with van der Waals surface area (Å²) in [7, 11) is 0. The van der Waals surface area contributed by atoms with Gasteiger partial charge in [0.25, 0.3) is 5.91 Å². The third-order valence-electron chi connectivity index (χ3n) is 4.44. The minimum absolute atomic E-state index is 0. The molecule has 0 aliphatic rings. The van der Waals surface area contributed by atoms with E-state index in [0.29, 0.717) is 27.7 Å². The Morgan fingerprint density at radius 3 is 2.93 bits per heavy atom. The summed E-state index contributed by atoms with van der Waals surface area (Å²) >= 11 is 0. The van der Waals surface area contributed by atoms with E-state index in [-0.39, 0.29) is 32.4 Å². The molecule has 0 aliphatic heterocycles. The first-order valence-corrected chi connectivity index (χ1v) is 8.46. The predicted octanol–water partition coefficient (Wildman–Crippen LogP) is 1.25. The SMILES string of the molecule is C#Cc1cccc2cc(C(C)NC(=O)c3c(N)nn4cccnc34)[n-]c(=O)c12.[W]. The summed E-state index contributed by atoms with van der Waals surface area (Å²) < 4.78 is 1.43. The van der Waals surface area contributed by atoms with Crippen LogP contribution in [0, 0.1) is 12.3 Å². The van der Waals surface area contributed by atoms with E-state index in [0.717, 1.165) is 0 Å². The van der Waals surface area contributed by atoms with Crippen molar-refractivity contribution in [2.45, 2.75) is 13.0 Å². The molecule has 0 aliphatic carbocycles. The third-order valence-corrected chi connectivity index (χ3v) is 4.44. The molecule has 144 valence electrons. The zero-order chi connectivity index (χ0) is 19.8. The van der Waals surface area contributed by atoms with Crippen LogP contribution in [0.25, 0.3) is 16.4 Å².